The van der Waals surface area contributed by atoms with Gasteiger partial charge in [0.15, 0.2) is 11.5 Å². The van der Waals surface area contributed by atoms with Crippen molar-refractivity contribution >= 4 is 33.4 Å². The van der Waals surface area contributed by atoms with Crippen LogP contribution in [-0.2, 0) is 6.54 Å². The van der Waals surface area contributed by atoms with Crippen LogP contribution in [0.2, 0.25) is 0 Å². The second-order valence-corrected chi connectivity index (χ2v) is 8.77. The maximum absolute atomic E-state index is 4.93. The van der Waals surface area contributed by atoms with Crippen LogP contribution < -0.4 is 5.32 Å². The number of nitrogens with one attached hydrogen (secondary N) is 3. The van der Waals surface area contributed by atoms with Gasteiger partial charge in [0.1, 0.15) is 5.69 Å². The third-order valence-electron chi connectivity index (χ3n) is 5.65. The molecule has 3 N–H and O–H groups in total. The molecule has 0 unspecified atom stereocenters. The number of aromatic nitrogens is 6. The van der Waals surface area contributed by atoms with Gasteiger partial charge in [0.2, 0.25) is 0 Å². The zero-order chi connectivity index (χ0) is 22.2. The molecule has 6 aromatic rings. The van der Waals surface area contributed by atoms with Crippen molar-refractivity contribution in [3.8, 4) is 33.1 Å². The number of imidazole rings is 1. The highest BCUT2D eigenvalue weighted by Gasteiger charge is 2.16. The number of fused-ring (bicyclic) bond motifs is 2. The maximum Gasteiger partial charge on any atom is 0.159 e. The second-order valence-electron chi connectivity index (χ2n) is 7.82. The van der Waals surface area contributed by atoms with E-state index >= 15 is 0 Å². The number of pyridine rings is 2. The Labute approximate surface area is 194 Å². The smallest absolute Gasteiger partial charge is 0.159 e. The quantitative estimate of drug-likeness (QED) is 0.315. The first-order chi connectivity index (χ1) is 16.3. The second kappa shape index (κ2) is 8.23. The fraction of sp³-hybridized carbons (Fsp3) is 0.120. The van der Waals surface area contributed by atoms with Crippen molar-refractivity contribution in [1.82, 2.24) is 35.5 Å². The zero-order valence-electron chi connectivity index (χ0n) is 18.0. The van der Waals surface area contributed by atoms with Gasteiger partial charge in [-0.05, 0) is 41.8 Å². The topological polar surface area (TPSA) is 95.2 Å². The number of nitrogens with zero attached hydrogens (tertiary/aromatic N) is 4. The van der Waals surface area contributed by atoms with E-state index in [0.717, 1.165) is 68.9 Å². The number of hydrogen-bond donors (Lipinski definition) is 3. The molecule has 8 heteroatoms. The molecule has 0 spiro atoms. The Bertz CT molecular complexity index is 1560. The molecule has 5 heterocycles. The van der Waals surface area contributed by atoms with Crippen LogP contribution in [0.1, 0.15) is 12.5 Å². The highest BCUT2D eigenvalue weighted by atomic mass is 32.1. The summed E-state index contributed by atoms with van der Waals surface area (Å²) in [6.07, 6.45) is 5.61. The summed E-state index contributed by atoms with van der Waals surface area (Å²) in [6.45, 7) is 3.80. The average Bonchev–Trinajstić information content (AvgIpc) is 3.61. The zero-order valence-corrected chi connectivity index (χ0v) is 18.8. The molecule has 0 aliphatic heterocycles. The number of benzene rings is 1. The molecule has 0 aliphatic rings. The monoisotopic (exact) mass is 451 g/mol. The van der Waals surface area contributed by atoms with Crippen LogP contribution in [0, 0.1) is 0 Å². The van der Waals surface area contributed by atoms with Crippen molar-refractivity contribution in [3.63, 3.8) is 0 Å². The predicted octanol–water partition coefficient (Wildman–Crippen LogP) is 5.40. The number of thiophene rings is 1. The first kappa shape index (κ1) is 19.8. The number of para-hydroxylation sites is 1. The van der Waals surface area contributed by atoms with Gasteiger partial charge in [0, 0.05) is 46.7 Å². The van der Waals surface area contributed by atoms with Crippen LogP contribution in [0.15, 0.2) is 66.4 Å². The first-order valence-electron chi connectivity index (χ1n) is 10.8. The van der Waals surface area contributed by atoms with Gasteiger partial charge in [-0.2, -0.15) is 5.10 Å². The summed E-state index contributed by atoms with van der Waals surface area (Å²) in [5, 5.41) is 13.9. The summed E-state index contributed by atoms with van der Waals surface area (Å²) >= 11 is 1.71. The Morgan fingerprint density at radius 1 is 1.03 bits per heavy atom. The van der Waals surface area contributed by atoms with Gasteiger partial charge in [-0.25, -0.2) is 9.97 Å². The van der Waals surface area contributed by atoms with E-state index in [0.29, 0.717) is 0 Å². The van der Waals surface area contributed by atoms with Gasteiger partial charge in [-0.15, -0.1) is 11.3 Å². The number of H-pyrrole nitrogens is 2. The molecule has 7 nitrogen and oxygen atoms in total. The Morgan fingerprint density at radius 2 is 1.97 bits per heavy atom. The molecule has 1 aromatic carbocycles. The average molecular weight is 452 g/mol. The summed E-state index contributed by atoms with van der Waals surface area (Å²) in [7, 11) is 0. The van der Waals surface area contributed by atoms with Crippen molar-refractivity contribution < 1.29 is 0 Å². The highest BCUT2D eigenvalue weighted by molar-refractivity contribution is 7.13. The minimum Gasteiger partial charge on any atom is -0.337 e. The molecule has 0 radical (unpaired) electrons. The maximum atomic E-state index is 4.93. The Morgan fingerprint density at radius 3 is 2.85 bits per heavy atom. The van der Waals surface area contributed by atoms with Gasteiger partial charge in [0.25, 0.3) is 0 Å². The molecule has 33 heavy (non-hydrogen) atoms. The van der Waals surface area contributed by atoms with Crippen LogP contribution in [0.3, 0.4) is 0 Å². The van der Waals surface area contributed by atoms with E-state index in [4.69, 9.17) is 4.98 Å². The van der Waals surface area contributed by atoms with E-state index in [1.807, 2.05) is 24.7 Å². The lowest BCUT2D eigenvalue weighted by Crippen LogP contribution is -2.11. The summed E-state index contributed by atoms with van der Waals surface area (Å²) in [5.74, 6) is 0.721. The van der Waals surface area contributed by atoms with E-state index in [1.165, 1.54) is 4.88 Å². The van der Waals surface area contributed by atoms with Crippen molar-refractivity contribution in [3.05, 3.63) is 72.0 Å². The molecule has 6 rings (SSSR count). The molecule has 0 fully saturated rings. The summed E-state index contributed by atoms with van der Waals surface area (Å²) in [5.41, 5.74) is 7.68. The third kappa shape index (κ3) is 3.59. The minimum atomic E-state index is 0.721. The molecule has 162 valence electrons. The normalized spacial score (nSPS) is 11.5. The molecule has 0 atom stereocenters. The van der Waals surface area contributed by atoms with Gasteiger partial charge in [-0.1, -0.05) is 25.1 Å². The fourth-order valence-electron chi connectivity index (χ4n) is 4.03. The van der Waals surface area contributed by atoms with Gasteiger partial charge in [-0.3, -0.25) is 10.1 Å². The lowest BCUT2D eigenvalue weighted by molar-refractivity contribution is 0.724. The summed E-state index contributed by atoms with van der Waals surface area (Å²) in [4.78, 5) is 18.6. The summed E-state index contributed by atoms with van der Waals surface area (Å²) < 4.78 is 0. The Kier molecular flexibility index (Phi) is 4.93. The lowest BCUT2D eigenvalue weighted by Gasteiger charge is -2.05. The van der Waals surface area contributed by atoms with E-state index in [2.05, 4.69) is 79.2 Å². The Hall–Kier alpha value is -3.88. The van der Waals surface area contributed by atoms with Gasteiger partial charge < -0.3 is 10.3 Å². The number of rotatable bonds is 6. The number of hydrogen-bond acceptors (Lipinski definition) is 6. The van der Waals surface area contributed by atoms with Crippen LogP contribution >= 0.6 is 11.3 Å². The third-order valence-corrected chi connectivity index (χ3v) is 6.55. The van der Waals surface area contributed by atoms with Crippen LogP contribution in [-0.4, -0.2) is 36.7 Å². The van der Waals surface area contributed by atoms with Crippen LogP contribution in [0.5, 0.6) is 0 Å². The lowest BCUT2D eigenvalue weighted by atomic mass is 10.1. The predicted molar refractivity (Wildman–Crippen MR) is 133 cm³/mol. The van der Waals surface area contributed by atoms with E-state index in [-0.39, 0.29) is 0 Å². The van der Waals surface area contributed by atoms with Crippen molar-refractivity contribution in [1.29, 1.82) is 0 Å². The van der Waals surface area contributed by atoms with E-state index in [9.17, 15) is 0 Å². The fourth-order valence-corrected chi connectivity index (χ4v) is 4.78. The molecule has 0 bridgehead atoms. The van der Waals surface area contributed by atoms with Crippen molar-refractivity contribution in [2.24, 2.45) is 0 Å². The molecule has 0 amide bonds. The van der Waals surface area contributed by atoms with Gasteiger partial charge >= 0.3 is 0 Å². The first-order valence-corrected chi connectivity index (χ1v) is 11.7. The number of aromatic amines is 2. The summed E-state index contributed by atoms with van der Waals surface area (Å²) in [6, 6.07) is 14.6. The molecular weight excluding hydrogens is 430 g/mol. The standard InChI is InChI=1S/C25H21N7S/c1-2-26-11-15-9-16(13-27-12-15)17-10-19-23(31-32-24(19)28-14-17)25-29-20-6-3-5-18(22(20)30-25)21-7-4-8-33-21/h3-10,12-14,26H,2,11H2,1H3,(H,29,30)(H,28,31,32). The van der Waals surface area contributed by atoms with Gasteiger partial charge in [0.05, 0.1) is 16.4 Å². The van der Waals surface area contributed by atoms with E-state index < -0.39 is 0 Å². The molecule has 5 aromatic heterocycles. The largest absolute Gasteiger partial charge is 0.337 e. The van der Waals surface area contributed by atoms with Crippen LogP contribution in [0.25, 0.3) is 55.2 Å². The van der Waals surface area contributed by atoms with Crippen molar-refractivity contribution in [2.75, 3.05) is 6.54 Å². The Balaban J connectivity index is 1.44. The van der Waals surface area contributed by atoms with Crippen LogP contribution in [0.4, 0.5) is 0 Å². The molecule has 0 saturated carbocycles. The molecule has 0 saturated heterocycles. The van der Waals surface area contributed by atoms with E-state index in [1.54, 1.807) is 11.3 Å². The SMILES string of the molecule is CCNCc1cncc(-c2cnc3[nH]nc(-c4nc5c(-c6cccs6)cccc5[nH]4)c3c2)c1. The molecular formula is C25H21N7S. The van der Waals surface area contributed by atoms with Crippen molar-refractivity contribution in [2.45, 2.75) is 13.5 Å². The minimum absolute atomic E-state index is 0.721. The molecule has 0 aliphatic carbocycles. The highest BCUT2D eigenvalue weighted by Crippen LogP contribution is 2.34.